The van der Waals surface area contributed by atoms with E-state index in [0.29, 0.717) is 13.2 Å². The maximum Gasteiger partial charge on any atom is 0.249 e. The third kappa shape index (κ3) is 3.69. The van der Waals surface area contributed by atoms with Crippen LogP contribution in [0.3, 0.4) is 0 Å². The number of amides is 1. The Morgan fingerprint density at radius 1 is 1.35 bits per heavy atom. The molecule has 0 N–H and O–H groups in total. The summed E-state index contributed by atoms with van der Waals surface area (Å²) in [6, 6.07) is 3.96. The van der Waals surface area contributed by atoms with Crippen LogP contribution in [0, 0.1) is 5.41 Å². The molecule has 0 spiro atoms. The van der Waals surface area contributed by atoms with Crippen LogP contribution in [0.25, 0.3) is 0 Å². The van der Waals surface area contributed by atoms with Crippen LogP contribution >= 0.6 is 0 Å². The summed E-state index contributed by atoms with van der Waals surface area (Å²) in [4.78, 5) is 19.0. The number of hydrogen-bond acceptors (Lipinski definition) is 4. The summed E-state index contributed by atoms with van der Waals surface area (Å²) in [6.45, 7) is 3.60. The van der Waals surface area contributed by atoms with Crippen LogP contribution in [0.1, 0.15) is 44.1 Å². The lowest BCUT2D eigenvalue weighted by Crippen LogP contribution is -2.58. The van der Waals surface area contributed by atoms with E-state index in [-0.39, 0.29) is 17.4 Å². The number of aromatic nitrogens is 1. The molecule has 3 heterocycles. The molecule has 26 heavy (non-hydrogen) atoms. The van der Waals surface area contributed by atoms with Crippen LogP contribution in [0.4, 0.5) is 0 Å². The summed E-state index contributed by atoms with van der Waals surface area (Å²) < 4.78 is 12.2. The molecule has 2 fully saturated rings. The Morgan fingerprint density at radius 3 is 3.04 bits per heavy atom. The van der Waals surface area contributed by atoms with E-state index >= 15 is 0 Å². The zero-order chi connectivity index (χ0) is 17.8. The monoisotopic (exact) mass is 356 g/mol. The van der Waals surface area contributed by atoms with Gasteiger partial charge in [0.05, 0.1) is 19.3 Å². The van der Waals surface area contributed by atoms with Gasteiger partial charge < -0.3 is 14.4 Å². The molecule has 2 aliphatic heterocycles. The maximum atomic E-state index is 12.9. The van der Waals surface area contributed by atoms with E-state index < -0.39 is 0 Å². The third-order valence-corrected chi connectivity index (χ3v) is 6.00. The van der Waals surface area contributed by atoms with Gasteiger partial charge in [0.15, 0.2) is 0 Å². The first-order valence-electron chi connectivity index (χ1n) is 9.83. The predicted molar refractivity (Wildman–Crippen MR) is 98.4 cm³/mol. The lowest BCUT2D eigenvalue weighted by Gasteiger charge is -2.50. The molecule has 0 aromatic carbocycles. The summed E-state index contributed by atoms with van der Waals surface area (Å²) in [5.74, 6) is 0.236. The minimum Gasteiger partial charge on any atom is -0.377 e. The Balaban J connectivity index is 1.43. The van der Waals surface area contributed by atoms with Gasteiger partial charge in [0, 0.05) is 43.1 Å². The van der Waals surface area contributed by atoms with Crippen molar-refractivity contribution in [2.75, 3.05) is 26.3 Å². The molecule has 1 aromatic heterocycles. The first-order valence-corrected chi connectivity index (χ1v) is 9.83. The van der Waals surface area contributed by atoms with Crippen molar-refractivity contribution in [2.24, 2.45) is 5.41 Å². The molecule has 5 heteroatoms. The van der Waals surface area contributed by atoms with Crippen molar-refractivity contribution in [3.05, 3.63) is 41.7 Å². The van der Waals surface area contributed by atoms with Crippen LogP contribution in [0.15, 0.2) is 36.2 Å². The molecular formula is C21H28N2O3. The van der Waals surface area contributed by atoms with Gasteiger partial charge in [0.25, 0.3) is 0 Å². The largest absolute Gasteiger partial charge is 0.377 e. The fraction of sp³-hybridized carbons (Fsp3) is 0.619. The average molecular weight is 356 g/mol. The minimum atomic E-state index is -0.0711. The molecule has 2 atom stereocenters. The number of hydrogen-bond donors (Lipinski definition) is 0. The molecule has 3 aliphatic rings. The second-order valence-electron chi connectivity index (χ2n) is 7.81. The summed E-state index contributed by atoms with van der Waals surface area (Å²) in [5.41, 5.74) is 2.07. The number of rotatable bonds is 5. The van der Waals surface area contributed by atoms with Gasteiger partial charge in [-0.3, -0.25) is 9.78 Å². The highest BCUT2D eigenvalue weighted by Gasteiger charge is 2.47. The third-order valence-electron chi connectivity index (χ3n) is 6.00. The van der Waals surface area contributed by atoms with Crippen molar-refractivity contribution in [2.45, 2.75) is 51.2 Å². The quantitative estimate of drug-likeness (QED) is 0.813. The second kappa shape index (κ2) is 7.89. The van der Waals surface area contributed by atoms with Crippen molar-refractivity contribution in [1.82, 2.24) is 9.88 Å². The molecular weight excluding hydrogens is 328 g/mol. The number of pyridine rings is 1. The van der Waals surface area contributed by atoms with Crippen LogP contribution in [0.5, 0.6) is 0 Å². The normalized spacial score (nSPS) is 28.5. The van der Waals surface area contributed by atoms with E-state index in [1.165, 1.54) is 0 Å². The fourth-order valence-electron chi connectivity index (χ4n) is 4.59. The maximum absolute atomic E-state index is 12.9. The van der Waals surface area contributed by atoms with E-state index in [2.05, 4.69) is 16.0 Å². The highest BCUT2D eigenvalue weighted by Crippen LogP contribution is 2.41. The molecule has 5 nitrogen and oxygen atoms in total. The molecule has 140 valence electrons. The Morgan fingerprint density at radius 2 is 2.23 bits per heavy atom. The van der Waals surface area contributed by atoms with Gasteiger partial charge >= 0.3 is 0 Å². The molecule has 0 radical (unpaired) electrons. The SMILES string of the molecule is O=C(C1=CCCC1)N1CC[C@@H]2OCCC[C@]2(COCc2ccncc2)C1. The smallest absolute Gasteiger partial charge is 0.249 e. The Hall–Kier alpha value is -1.72. The van der Waals surface area contributed by atoms with Gasteiger partial charge in [0.2, 0.25) is 5.91 Å². The van der Waals surface area contributed by atoms with Gasteiger partial charge in [0.1, 0.15) is 0 Å². The highest BCUT2D eigenvalue weighted by atomic mass is 16.5. The number of fused-ring (bicyclic) bond motifs is 1. The number of nitrogens with zero attached hydrogens (tertiary/aromatic N) is 2. The first-order chi connectivity index (χ1) is 12.8. The number of ether oxygens (including phenoxy) is 2. The number of carbonyl (C=O) groups excluding carboxylic acids is 1. The number of likely N-dealkylation sites (tertiary alicyclic amines) is 1. The topological polar surface area (TPSA) is 51.7 Å². The molecule has 4 rings (SSSR count). The van der Waals surface area contributed by atoms with E-state index in [4.69, 9.17) is 9.47 Å². The van der Waals surface area contributed by atoms with Gasteiger partial charge in [-0.1, -0.05) is 6.08 Å². The van der Waals surface area contributed by atoms with Crippen molar-refractivity contribution < 1.29 is 14.3 Å². The van der Waals surface area contributed by atoms with E-state index in [0.717, 1.165) is 69.4 Å². The van der Waals surface area contributed by atoms with Gasteiger partial charge in [-0.15, -0.1) is 0 Å². The van der Waals surface area contributed by atoms with E-state index in [1.54, 1.807) is 12.4 Å². The second-order valence-corrected chi connectivity index (χ2v) is 7.81. The molecule has 0 bridgehead atoms. The van der Waals surface area contributed by atoms with Crippen molar-refractivity contribution in [1.29, 1.82) is 0 Å². The van der Waals surface area contributed by atoms with Gasteiger partial charge in [-0.25, -0.2) is 0 Å². The van der Waals surface area contributed by atoms with Crippen molar-refractivity contribution in [3.63, 3.8) is 0 Å². The fourth-order valence-corrected chi connectivity index (χ4v) is 4.59. The zero-order valence-electron chi connectivity index (χ0n) is 15.4. The number of piperidine rings is 1. The van der Waals surface area contributed by atoms with Crippen LogP contribution < -0.4 is 0 Å². The summed E-state index contributed by atoms with van der Waals surface area (Å²) in [7, 11) is 0. The van der Waals surface area contributed by atoms with Crippen LogP contribution in [0.2, 0.25) is 0 Å². The number of allylic oxidation sites excluding steroid dienone is 1. The molecule has 2 saturated heterocycles. The van der Waals surface area contributed by atoms with Crippen LogP contribution in [-0.2, 0) is 20.9 Å². The molecule has 1 amide bonds. The summed E-state index contributed by atoms with van der Waals surface area (Å²) in [6.07, 6.45) is 12.0. The van der Waals surface area contributed by atoms with Crippen molar-refractivity contribution in [3.8, 4) is 0 Å². The lowest BCUT2D eigenvalue weighted by atomic mass is 9.73. The molecule has 0 saturated carbocycles. The first kappa shape index (κ1) is 17.7. The Kier molecular flexibility index (Phi) is 5.36. The summed E-state index contributed by atoms with van der Waals surface area (Å²) >= 11 is 0. The van der Waals surface area contributed by atoms with Gasteiger partial charge in [-0.05, 0) is 56.2 Å². The molecule has 1 aromatic rings. The van der Waals surface area contributed by atoms with E-state index in [9.17, 15) is 4.79 Å². The molecule has 0 unspecified atom stereocenters. The number of carbonyl (C=O) groups is 1. The summed E-state index contributed by atoms with van der Waals surface area (Å²) in [5, 5.41) is 0. The van der Waals surface area contributed by atoms with E-state index in [1.807, 2.05) is 12.1 Å². The molecule has 1 aliphatic carbocycles. The zero-order valence-corrected chi connectivity index (χ0v) is 15.4. The predicted octanol–water partition coefficient (Wildman–Crippen LogP) is 3.11. The lowest BCUT2D eigenvalue weighted by molar-refractivity contribution is -0.163. The standard InChI is InChI=1S/C21H28N2O3/c24-20(18-4-1-2-5-18)23-12-8-19-21(15-23,9-3-13-26-19)16-25-14-17-6-10-22-11-7-17/h4,6-7,10-11,19H,1-3,5,8-9,12-16H2/t19-,21+/m0/s1. The van der Waals surface area contributed by atoms with Gasteiger partial charge in [-0.2, -0.15) is 0 Å². The Labute approximate surface area is 155 Å². The van der Waals surface area contributed by atoms with Crippen molar-refractivity contribution >= 4 is 5.91 Å². The Bertz CT molecular complexity index is 660. The minimum absolute atomic E-state index is 0.0711. The van der Waals surface area contributed by atoms with Crippen LogP contribution in [-0.4, -0.2) is 48.2 Å². The highest BCUT2D eigenvalue weighted by molar-refractivity contribution is 5.93. The average Bonchev–Trinajstić information content (AvgIpc) is 3.22.